The molecule has 1 N–H and O–H groups in total. The monoisotopic (exact) mass is 512 g/mol. The standard InChI is InChI=1S/C28H24N4O4S/c1-19-7-3-4-8-23(19)27-31-32-28(37-27)30-26(33)21(18-29)17-20-11-13-22(14-12-20)35-15-16-36-25-10-6-5-9-24(25)34-2/h3-14,17H,15-16H2,1-2H3,(H,30,32,33)/b21-17-. The highest BCUT2D eigenvalue weighted by Gasteiger charge is 2.14. The zero-order valence-electron chi connectivity index (χ0n) is 20.3. The second kappa shape index (κ2) is 12.3. The first-order chi connectivity index (χ1) is 18.1. The topological polar surface area (TPSA) is 106 Å². The van der Waals surface area contributed by atoms with E-state index in [1.54, 1.807) is 31.4 Å². The number of benzene rings is 3. The number of hydrogen-bond acceptors (Lipinski definition) is 8. The van der Waals surface area contributed by atoms with E-state index in [1.165, 1.54) is 17.4 Å². The summed E-state index contributed by atoms with van der Waals surface area (Å²) in [4.78, 5) is 12.7. The number of aromatic nitrogens is 2. The van der Waals surface area contributed by atoms with E-state index >= 15 is 0 Å². The van der Waals surface area contributed by atoms with Gasteiger partial charge in [-0.1, -0.05) is 59.9 Å². The number of rotatable bonds is 10. The van der Waals surface area contributed by atoms with Gasteiger partial charge in [-0.2, -0.15) is 5.26 Å². The Kier molecular flexibility index (Phi) is 8.47. The zero-order chi connectivity index (χ0) is 26.0. The number of carbonyl (C=O) groups excluding carboxylic acids is 1. The van der Waals surface area contributed by atoms with Crippen LogP contribution in [0.4, 0.5) is 5.13 Å². The van der Waals surface area contributed by atoms with Gasteiger partial charge in [-0.25, -0.2) is 0 Å². The molecule has 0 atom stereocenters. The minimum absolute atomic E-state index is 0.0495. The summed E-state index contributed by atoms with van der Waals surface area (Å²) in [6.45, 7) is 2.67. The van der Waals surface area contributed by atoms with Crippen molar-refractivity contribution in [1.82, 2.24) is 10.2 Å². The fraction of sp³-hybridized carbons (Fsp3) is 0.143. The average Bonchev–Trinajstić information content (AvgIpc) is 3.39. The number of methoxy groups -OCH3 is 1. The largest absolute Gasteiger partial charge is 0.493 e. The molecule has 0 radical (unpaired) electrons. The van der Waals surface area contributed by atoms with Crippen LogP contribution in [0.15, 0.2) is 78.4 Å². The predicted octanol–water partition coefficient (Wildman–Crippen LogP) is 5.53. The Morgan fingerprint density at radius 2 is 1.68 bits per heavy atom. The molecule has 0 fully saturated rings. The molecular formula is C28H24N4O4S. The van der Waals surface area contributed by atoms with Crippen LogP contribution in [0.3, 0.4) is 0 Å². The van der Waals surface area contributed by atoms with Crippen LogP contribution >= 0.6 is 11.3 Å². The summed E-state index contributed by atoms with van der Waals surface area (Å²) in [5, 5.41) is 21.4. The molecule has 0 unspecified atom stereocenters. The van der Waals surface area contributed by atoms with Crippen molar-refractivity contribution in [3.8, 4) is 33.9 Å². The molecule has 37 heavy (non-hydrogen) atoms. The first-order valence-corrected chi connectivity index (χ1v) is 12.2. The van der Waals surface area contributed by atoms with Crippen molar-refractivity contribution in [2.24, 2.45) is 0 Å². The van der Waals surface area contributed by atoms with E-state index in [4.69, 9.17) is 14.2 Å². The van der Waals surface area contributed by atoms with Gasteiger partial charge < -0.3 is 14.2 Å². The summed E-state index contributed by atoms with van der Waals surface area (Å²) in [5.41, 5.74) is 2.64. The van der Waals surface area contributed by atoms with Gasteiger partial charge in [0.05, 0.1) is 7.11 Å². The van der Waals surface area contributed by atoms with Crippen LogP contribution in [0, 0.1) is 18.3 Å². The summed E-state index contributed by atoms with van der Waals surface area (Å²) < 4.78 is 16.7. The van der Waals surface area contributed by atoms with E-state index in [0.29, 0.717) is 46.2 Å². The van der Waals surface area contributed by atoms with Gasteiger partial charge in [0, 0.05) is 5.56 Å². The maximum atomic E-state index is 12.7. The number of nitrogens with zero attached hydrogens (tertiary/aromatic N) is 3. The lowest BCUT2D eigenvalue weighted by Crippen LogP contribution is -2.13. The minimum atomic E-state index is -0.552. The Morgan fingerprint density at radius 1 is 0.973 bits per heavy atom. The van der Waals surface area contributed by atoms with E-state index < -0.39 is 5.91 Å². The maximum absolute atomic E-state index is 12.7. The van der Waals surface area contributed by atoms with Crippen molar-refractivity contribution in [3.63, 3.8) is 0 Å². The van der Waals surface area contributed by atoms with Gasteiger partial charge in [-0.3, -0.25) is 10.1 Å². The predicted molar refractivity (Wildman–Crippen MR) is 143 cm³/mol. The number of amides is 1. The number of ether oxygens (including phenoxy) is 3. The van der Waals surface area contributed by atoms with Crippen molar-refractivity contribution in [3.05, 3.63) is 89.5 Å². The van der Waals surface area contributed by atoms with Crippen LogP contribution in [0.2, 0.25) is 0 Å². The quantitative estimate of drug-likeness (QED) is 0.169. The highest BCUT2D eigenvalue weighted by molar-refractivity contribution is 7.18. The van der Waals surface area contributed by atoms with Gasteiger partial charge in [0.2, 0.25) is 5.13 Å². The number of anilines is 1. The van der Waals surface area contributed by atoms with Crippen LogP contribution in [0.25, 0.3) is 16.6 Å². The number of carbonyl (C=O) groups is 1. The molecule has 0 spiro atoms. The van der Waals surface area contributed by atoms with Crippen LogP contribution in [0.1, 0.15) is 11.1 Å². The van der Waals surface area contributed by atoms with Crippen LogP contribution in [-0.4, -0.2) is 36.4 Å². The molecule has 4 rings (SSSR count). The lowest BCUT2D eigenvalue weighted by atomic mass is 10.1. The molecule has 0 saturated heterocycles. The van der Waals surface area contributed by atoms with E-state index in [2.05, 4.69) is 15.5 Å². The van der Waals surface area contributed by atoms with Crippen molar-refractivity contribution in [2.45, 2.75) is 6.92 Å². The second-order valence-electron chi connectivity index (χ2n) is 7.77. The van der Waals surface area contributed by atoms with Crippen LogP contribution in [0.5, 0.6) is 17.2 Å². The molecule has 0 aliphatic carbocycles. The fourth-order valence-electron chi connectivity index (χ4n) is 3.38. The zero-order valence-corrected chi connectivity index (χ0v) is 21.1. The Morgan fingerprint density at radius 3 is 2.41 bits per heavy atom. The summed E-state index contributed by atoms with van der Waals surface area (Å²) >= 11 is 1.25. The first-order valence-electron chi connectivity index (χ1n) is 11.4. The normalized spacial score (nSPS) is 10.9. The lowest BCUT2D eigenvalue weighted by Gasteiger charge is -2.11. The summed E-state index contributed by atoms with van der Waals surface area (Å²) in [5.74, 6) is 1.40. The van der Waals surface area contributed by atoms with Crippen LogP contribution < -0.4 is 19.5 Å². The molecule has 0 aliphatic rings. The van der Waals surface area contributed by atoms with Gasteiger partial charge in [-0.15, -0.1) is 10.2 Å². The van der Waals surface area contributed by atoms with Gasteiger partial charge in [0.1, 0.15) is 35.6 Å². The van der Waals surface area contributed by atoms with Crippen molar-refractivity contribution < 1.29 is 19.0 Å². The second-order valence-corrected chi connectivity index (χ2v) is 8.75. The van der Waals surface area contributed by atoms with Gasteiger partial charge >= 0.3 is 0 Å². The van der Waals surface area contributed by atoms with Crippen molar-refractivity contribution in [1.29, 1.82) is 5.26 Å². The Balaban J connectivity index is 1.32. The molecule has 4 aromatic rings. The first kappa shape index (κ1) is 25.4. The molecule has 1 aromatic heterocycles. The number of nitrogens with one attached hydrogen (secondary N) is 1. The Labute approximate surface area is 218 Å². The molecule has 186 valence electrons. The molecule has 9 heteroatoms. The molecule has 8 nitrogen and oxygen atoms in total. The molecule has 1 amide bonds. The molecule has 0 saturated carbocycles. The van der Waals surface area contributed by atoms with E-state index in [9.17, 15) is 10.1 Å². The molecule has 0 bridgehead atoms. The maximum Gasteiger partial charge on any atom is 0.268 e. The van der Waals surface area contributed by atoms with Crippen LogP contribution in [-0.2, 0) is 4.79 Å². The van der Waals surface area contributed by atoms with Crippen molar-refractivity contribution in [2.75, 3.05) is 25.6 Å². The van der Waals surface area contributed by atoms with Gasteiger partial charge in [0.25, 0.3) is 5.91 Å². The van der Waals surface area contributed by atoms with E-state index in [-0.39, 0.29) is 5.57 Å². The minimum Gasteiger partial charge on any atom is -0.493 e. The average molecular weight is 513 g/mol. The molecule has 3 aromatic carbocycles. The molecule has 0 aliphatic heterocycles. The third-order valence-corrected chi connectivity index (χ3v) is 6.13. The number of hydrogen-bond donors (Lipinski definition) is 1. The lowest BCUT2D eigenvalue weighted by molar-refractivity contribution is -0.112. The number of para-hydroxylation sites is 2. The third kappa shape index (κ3) is 6.72. The Bertz CT molecular complexity index is 1440. The summed E-state index contributed by atoms with van der Waals surface area (Å²) in [7, 11) is 1.59. The smallest absolute Gasteiger partial charge is 0.268 e. The van der Waals surface area contributed by atoms with Gasteiger partial charge in [0.15, 0.2) is 11.5 Å². The summed E-state index contributed by atoms with van der Waals surface area (Å²) in [6, 6.07) is 24.2. The SMILES string of the molecule is COc1ccccc1OCCOc1ccc(/C=C(/C#N)C(=O)Nc2nnc(-c3ccccc3C)s2)cc1. The number of aryl methyl sites for hydroxylation is 1. The van der Waals surface area contributed by atoms with Crippen molar-refractivity contribution >= 4 is 28.5 Å². The van der Waals surface area contributed by atoms with E-state index in [1.807, 2.05) is 61.5 Å². The number of nitriles is 1. The molecule has 1 heterocycles. The van der Waals surface area contributed by atoms with Gasteiger partial charge in [-0.05, 0) is 48.4 Å². The molecular weight excluding hydrogens is 488 g/mol. The third-order valence-electron chi connectivity index (χ3n) is 5.26. The highest BCUT2D eigenvalue weighted by Crippen LogP contribution is 2.29. The highest BCUT2D eigenvalue weighted by atomic mass is 32.1. The summed E-state index contributed by atoms with van der Waals surface area (Å²) in [6.07, 6.45) is 1.51. The Hall–Kier alpha value is -4.68. The van der Waals surface area contributed by atoms with E-state index in [0.717, 1.165) is 11.1 Å². The fourth-order valence-corrected chi connectivity index (χ4v) is 4.21.